The van der Waals surface area contributed by atoms with Crippen molar-refractivity contribution in [2.75, 3.05) is 11.9 Å². The van der Waals surface area contributed by atoms with Crippen LogP contribution in [-0.4, -0.2) is 20.9 Å². The van der Waals surface area contributed by atoms with Gasteiger partial charge < -0.3 is 10.1 Å². The molecule has 0 saturated heterocycles. The number of fused-ring (bicyclic) bond motifs is 1. The van der Waals surface area contributed by atoms with Crippen LogP contribution < -0.4 is 10.1 Å². The Bertz CT molecular complexity index is 1220. The summed E-state index contributed by atoms with van der Waals surface area (Å²) in [4.78, 5) is 13.5. The highest BCUT2D eigenvalue weighted by Gasteiger charge is 2.35. The van der Waals surface area contributed by atoms with Gasteiger partial charge in [0.25, 0.3) is 0 Å². The predicted octanol–water partition coefficient (Wildman–Crippen LogP) is 5.27. The summed E-state index contributed by atoms with van der Waals surface area (Å²) in [6.07, 6.45) is 1.86. The quantitative estimate of drug-likeness (QED) is 0.509. The van der Waals surface area contributed by atoms with Crippen LogP contribution in [0.2, 0.25) is 5.02 Å². The zero-order valence-corrected chi connectivity index (χ0v) is 18.2. The Balaban J connectivity index is 1.80. The monoisotopic (exact) mass is 459 g/mol. The topological polar surface area (TPSA) is 72.5 Å². The van der Waals surface area contributed by atoms with Crippen molar-refractivity contribution in [3.8, 4) is 5.75 Å². The lowest BCUT2D eigenvalue weighted by Crippen LogP contribution is -2.23. The molecule has 0 aliphatic carbocycles. The lowest BCUT2D eigenvalue weighted by Gasteiger charge is -2.25. The molecule has 1 unspecified atom stereocenters. The predicted molar refractivity (Wildman–Crippen MR) is 118 cm³/mol. The molecule has 1 aliphatic heterocycles. The van der Waals surface area contributed by atoms with E-state index in [1.54, 1.807) is 11.5 Å². The van der Waals surface area contributed by atoms with Crippen LogP contribution in [0.1, 0.15) is 22.8 Å². The SMILES string of the molecule is C=CCOc1ccccc1C1CC(=O)Nc2c(S(=O)(=O)c3ccc(Cl)cc3)csc21. The van der Waals surface area contributed by atoms with E-state index in [0.717, 1.165) is 10.4 Å². The largest absolute Gasteiger partial charge is 0.489 e. The van der Waals surface area contributed by atoms with Gasteiger partial charge in [-0.15, -0.1) is 11.3 Å². The van der Waals surface area contributed by atoms with Crippen molar-refractivity contribution >= 4 is 44.4 Å². The van der Waals surface area contributed by atoms with E-state index in [4.69, 9.17) is 16.3 Å². The van der Waals surface area contributed by atoms with E-state index in [2.05, 4.69) is 11.9 Å². The van der Waals surface area contributed by atoms with Gasteiger partial charge in [0.2, 0.25) is 15.7 Å². The molecule has 8 heteroatoms. The van der Waals surface area contributed by atoms with E-state index in [9.17, 15) is 13.2 Å². The van der Waals surface area contributed by atoms with Gasteiger partial charge in [-0.3, -0.25) is 4.79 Å². The first-order chi connectivity index (χ1) is 14.4. The van der Waals surface area contributed by atoms with Gasteiger partial charge in [0.15, 0.2) is 0 Å². The van der Waals surface area contributed by atoms with Crippen LogP contribution in [0.4, 0.5) is 5.69 Å². The fraction of sp³-hybridized carbons (Fsp3) is 0.136. The summed E-state index contributed by atoms with van der Waals surface area (Å²) in [6.45, 7) is 4.01. The first-order valence-corrected chi connectivity index (χ1v) is 11.9. The minimum Gasteiger partial charge on any atom is -0.489 e. The minimum atomic E-state index is -3.81. The Morgan fingerprint density at radius 3 is 2.67 bits per heavy atom. The summed E-state index contributed by atoms with van der Waals surface area (Å²) in [7, 11) is -3.81. The molecule has 1 N–H and O–H groups in total. The average Bonchev–Trinajstić information content (AvgIpc) is 3.17. The molecular weight excluding hydrogens is 442 g/mol. The van der Waals surface area contributed by atoms with Crippen molar-refractivity contribution < 1.29 is 17.9 Å². The van der Waals surface area contributed by atoms with E-state index in [1.807, 2.05) is 24.3 Å². The maximum atomic E-state index is 13.2. The van der Waals surface area contributed by atoms with Gasteiger partial charge in [-0.2, -0.15) is 0 Å². The molecule has 30 heavy (non-hydrogen) atoms. The number of sulfone groups is 1. The lowest BCUT2D eigenvalue weighted by atomic mass is 9.90. The van der Waals surface area contributed by atoms with Gasteiger partial charge >= 0.3 is 0 Å². The van der Waals surface area contributed by atoms with Crippen molar-refractivity contribution in [1.29, 1.82) is 0 Å². The van der Waals surface area contributed by atoms with E-state index in [1.165, 1.54) is 35.6 Å². The Kier molecular flexibility index (Phi) is 5.69. The Hall–Kier alpha value is -2.61. The summed E-state index contributed by atoms with van der Waals surface area (Å²) in [6, 6.07) is 13.5. The number of rotatable bonds is 6. The Morgan fingerprint density at radius 1 is 1.20 bits per heavy atom. The number of halogens is 1. The van der Waals surface area contributed by atoms with Crippen molar-refractivity contribution in [2.24, 2.45) is 0 Å². The molecule has 0 saturated carbocycles. The first kappa shape index (κ1) is 20.7. The molecule has 2 heterocycles. The third kappa shape index (κ3) is 3.76. The van der Waals surface area contributed by atoms with Gasteiger partial charge in [-0.25, -0.2) is 8.42 Å². The molecule has 4 rings (SSSR count). The maximum absolute atomic E-state index is 13.2. The molecule has 1 amide bonds. The molecule has 0 spiro atoms. The van der Waals surface area contributed by atoms with Crippen LogP contribution in [0, 0.1) is 0 Å². The van der Waals surface area contributed by atoms with Crippen LogP contribution in [0.15, 0.2) is 76.4 Å². The Labute approximate surface area is 183 Å². The standard InChI is InChI=1S/C22H18ClNO4S2/c1-2-11-28-18-6-4-3-5-16(18)17-12-20(25)24-21-19(13-29-22(17)21)30(26,27)15-9-7-14(23)8-10-15/h2-10,13,17H,1,11-12H2,(H,24,25). The van der Waals surface area contributed by atoms with Gasteiger partial charge in [0.05, 0.1) is 10.6 Å². The smallest absolute Gasteiger partial charge is 0.225 e. The van der Waals surface area contributed by atoms with E-state index >= 15 is 0 Å². The molecular formula is C22H18ClNO4S2. The molecule has 0 radical (unpaired) electrons. The second-order valence-corrected chi connectivity index (χ2v) is 10.0. The minimum absolute atomic E-state index is 0.0902. The molecule has 3 aromatic rings. The van der Waals surface area contributed by atoms with Crippen LogP contribution >= 0.6 is 22.9 Å². The molecule has 2 aromatic carbocycles. The highest BCUT2D eigenvalue weighted by atomic mass is 35.5. The zero-order valence-electron chi connectivity index (χ0n) is 15.8. The number of hydrogen-bond donors (Lipinski definition) is 1. The summed E-state index contributed by atoms with van der Waals surface area (Å²) in [5.74, 6) is 0.115. The second-order valence-electron chi connectivity index (χ2n) is 6.74. The number of para-hydroxylation sites is 1. The van der Waals surface area contributed by atoms with E-state index in [-0.39, 0.29) is 28.0 Å². The second kappa shape index (κ2) is 8.26. The molecule has 5 nitrogen and oxygen atoms in total. The van der Waals surface area contributed by atoms with Gasteiger partial charge in [0, 0.05) is 33.2 Å². The molecule has 0 fully saturated rings. The number of anilines is 1. The fourth-order valence-electron chi connectivity index (χ4n) is 3.44. The van der Waals surface area contributed by atoms with Crippen LogP contribution in [-0.2, 0) is 14.6 Å². The number of carbonyl (C=O) groups is 1. The fourth-order valence-corrected chi connectivity index (χ4v) is 6.47. The zero-order chi connectivity index (χ0) is 21.3. The number of ether oxygens (including phenoxy) is 1. The number of carbonyl (C=O) groups excluding carboxylic acids is 1. The summed E-state index contributed by atoms with van der Waals surface area (Å²) in [5.41, 5.74) is 1.18. The van der Waals surface area contributed by atoms with Crippen molar-refractivity contribution in [2.45, 2.75) is 22.1 Å². The highest BCUT2D eigenvalue weighted by molar-refractivity contribution is 7.91. The highest BCUT2D eigenvalue weighted by Crippen LogP contribution is 2.47. The molecule has 154 valence electrons. The molecule has 1 aromatic heterocycles. The van der Waals surface area contributed by atoms with E-state index < -0.39 is 9.84 Å². The molecule has 1 aliphatic rings. The van der Waals surface area contributed by atoms with Gasteiger partial charge in [-0.05, 0) is 30.3 Å². The van der Waals surface area contributed by atoms with Crippen molar-refractivity contribution in [3.05, 3.63) is 82.0 Å². The number of nitrogens with one attached hydrogen (secondary N) is 1. The number of thiophene rings is 1. The average molecular weight is 460 g/mol. The normalized spacial score (nSPS) is 15.9. The van der Waals surface area contributed by atoms with Crippen LogP contribution in [0.25, 0.3) is 0 Å². The maximum Gasteiger partial charge on any atom is 0.225 e. The van der Waals surface area contributed by atoms with Crippen LogP contribution in [0.5, 0.6) is 5.75 Å². The number of benzene rings is 2. The van der Waals surface area contributed by atoms with Gasteiger partial charge in [0.1, 0.15) is 17.3 Å². The number of amides is 1. The number of hydrogen-bond acceptors (Lipinski definition) is 5. The van der Waals surface area contributed by atoms with Crippen LogP contribution in [0.3, 0.4) is 0 Å². The van der Waals surface area contributed by atoms with Gasteiger partial charge in [-0.1, -0.05) is 42.5 Å². The Morgan fingerprint density at radius 2 is 1.93 bits per heavy atom. The summed E-state index contributed by atoms with van der Waals surface area (Å²) < 4.78 is 32.2. The lowest BCUT2D eigenvalue weighted by molar-refractivity contribution is -0.116. The van der Waals surface area contributed by atoms with Crippen molar-refractivity contribution in [1.82, 2.24) is 0 Å². The summed E-state index contributed by atoms with van der Waals surface area (Å²) in [5, 5.41) is 4.80. The molecule has 0 bridgehead atoms. The third-order valence-electron chi connectivity index (χ3n) is 4.82. The summed E-state index contributed by atoms with van der Waals surface area (Å²) >= 11 is 7.21. The third-order valence-corrected chi connectivity index (χ3v) is 8.11. The first-order valence-electron chi connectivity index (χ1n) is 9.16. The van der Waals surface area contributed by atoms with E-state index in [0.29, 0.717) is 23.1 Å². The van der Waals surface area contributed by atoms with Crippen molar-refractivity contribution in [3.63, 3.8) is 0 Å². The molecule has 1 atom stereocenters.